The van der Waals surface area contributed by atoms with Gasteiger partial charge in [0.25, 0.3) is 0 Å². The maximum absolute atomic E-state index is 9.74. The molecule has 6 heteroatoms. The summed E-state index contributed by atoms with van der Waals surface area (Å²) in [5.74, 6) is 0. The topological polar surface area (TPSA) is 20.2 Å². The Labute approximate surface area is 130 Å². The minimum absolute atomic E-state index is 0.0449. The molecule has 1 aliphatic rings. The molecule has 0 bridgehead atoms. The Morgan fingerprint density at radius 2 is 1.61 bits per heavy atom. The molecular weight excluding hydrogens is 337 g/mol. The van der Waals surface area contributed by atoms with Gasteiger partial charge in [-0.05, 0) is 18.2 Å². The minimum atomic E-state index is -1.58. The highest BCUT2D eigenvalue weighted by Gasteiger charge is 2.31. The van der Waals surface area contributed by atoms with Crippen LogP contribution in [-0.2, 0) is 0 Å². The fourth-order valence-corrected chi connectivity index (χ4v) is 3.54. The summed E-state index contributed by atoms with van der Waals surface area (Å²) in [5.41, 5.74) is 1.04. The summed E-state index contributed by atoms with van der Waals surface area (Å²) in [5, 5.41) is 9.56. The van der Waals surface area contributed by atoms with Gasteiger partial charge in [0.15, 0.2) is 5.06 Å². The molecule has 0 aromatic heterocycles. The van der Waals surface area contributed by atoms with Gasteiger partial charge in [0.2, 0.25) is 0 Å². The fraction of sp³-hybridized carbons (Fsp3) is 0.167. The maximum atomic E-state index is 9.74. The van der Waals surface area contributed by atoms with Crippen LogP contribution in [0.2, 0.25) is 10.0 Å². The van der Waals surface area contributed by atoms with Crippen LogP contribution in [0.5, 0.6) is 0 Å². The van der Waals surface area contributed by atoms with Crippen LogP contribution >= 0.6 is 58.0 Å². The normalized spacial score (nSPS) is 24.2. The largest absolute Gasteiger partial charge is 0.371 e. The van der Waals surface area contributed by atoms with Crippen molar-refractivity contribution in [2.24, 2.45) is 0 Å². The molecule has 0 amide bonds. The van der Waals surface area contributed by atoms with Crippen LogP contribution in [0, 0.1) is 0 Å². The van der Waals surface area contributed by atoms with Gasteiger partial charge in [-0.25, -0.2) is 0 Å². The van der Waals surface area contributed by atoms with Crippen LogP contribution in [0.1, 0.15) is 12.0 Å². The second-order valence-corrected chi connectivity index (χ2v) is 6.20. The van der Waals surface area contributed by atoms with Crippen LogP contribution in [-0.4, -0.2) is 10.2 Å². The molecule has 1 atom stereocenters. The number of allylic oxidation sites excluding steroid dienone is 2. The Morgan fingerprint density at radius 3 is 2.11 bits per heavy atom. The van der Waals surface area contributed by atoms with E-state index in [-0.39, 0.29) is 11.5 Å². The summed E-state index contributed by atoms with van der Waals surface area (Å²) in [4.78, 5) is 0. The summed E-state index contributed by atoms with van der Waals surface area (Å²) >= 11 is 30.2. The molecule has 0 spiro atoms. The standard InChI is InChI=1S/C12H7Cl5O/c13-6-2-1-3-7(14)10(6)11-8(15)4-12(17,18)5-9(11)16/h1-4,18H,5H2. The van der Waals surface area contributed by atoms with Crippen LogP contribution in [0.4, 0.5) is 0 Å². The van der Waals surface area contributed by atoms with Gasteiger partial charge in [-0.3, -0.25) is 0 Å². The van der Waals surface area contributed by atoms with Crippen LogP contribution < -0.4 is 0 Å². The second kappa shape index (κ2) is 5.24. The molecule has 0 radical (unpaired) electrons. The van der Waals surface area contributed by atoms with Crippen LogP contribution in [0.3, 0.4) is 0 Å². The summed E-state index contributed by atoms with van der Waals surface area (Å²) in [6.07, 6.45) is 1.36. The first-order chi connectivity index (χ1) is 8.32. The van der Waals surface area contributed by atoms with Crippen molar-refractivity contribution < 1.29 is 5.11 Å². The van der Waals surface area contributed by atoms with E-state index in [0.29, 0.717) is 26.2 Å². The first-order valence-corrected chi connectivity index (χ1v) is 6.84. The molecule has 1 N–H and O–H groups in total. The first kappa shape index (κ1) is 14.5. The zero-order valence-corrected chi connectivity index (χ0v) is 12.6. The molecule has 1 nitrogen and oxygen atoms in total. The fourth-order valence-electron chi connectivity index (χ4n) is 1.74. The summed E-state index contributed by atoms with van der Waals surface area (Å²) in [7, 11) is 0. The first-order valence-electron chi connectivity index (χ1n) is 4.95. The highest BCUT2D eigenvalue weighted by Crippen LogP contribution is 2.46. The highest BCUT2D eigenvalue weighted by molar-refractivity contribution is 6.46. The average molecular weight is 344 g/mol. The lowest BCUT2D eigenvalue weighted by molar-refractivity contribution is 0.180. The molecule has 0 saturated heterocycles. The molecule has 1 unspecified atom stereocenters. The molecule has 0 aliphatic heterocycles. The van der Waals surface area contributed by atoms with Gasteiger partial charge < -0.3 is 5.11 Å². The third-order valence-electron chi connectivity index (χ3n) is 2.47. The average Bonchev–Trinajstić information content (AvgIpc) is 2.19. The van der Waals surface area contributed by atoms with Gasteiger partial charge in [0, 0.05) is 37.7 Å². The van der Waals surface area contributed by atoms with Gasteiger partial charge in [-0.15, -0.1) is 0 Å². The number of benzene rings is 1. The molecule has 18 heavy (non-hydrogen) atoms. The third kappa shape index (κ3) is 2.82. The molecule has 0 heterocycles. The van der Waals surface area contributed by atoms with Crippen molar-refractivity contribution in [3.63, 3.8) is 0 Å². The molecule has 2 rings (SSSR count). The van der Waals surface area contributed by atoms with Gasteiger partial charge in [-0.2, -0.15) is 0 Å². The Hall–Kier alpha value is 0.110. The Kier molecular flexibility index (Phi) is 4.23. The van der Waals surface area contributed by atoms with Crippen molar-refractivity contribution in [1.82, 2.24) is 0 Å². The Balaban J connectivity index is 2.62. The number of hydrogen-bond acceptors (Lipinski definition) is 1. The lowest BCUT2D eigenvalue weighted by Crippen LogP contribution is -2.21. The van der Waals surface area contributed by atoms with E-state index in [1.165, 1.54) is 6.08 Å². The molecule has 1 aromatic carbocycles. The molecular formula is C12H7Cl5O. The number of hydrogen-bond donors (Lipinski definition) is 1. The monoisotopic (exact) mass is 342 g/mol. The lowest BCUT2D eigenvalue weighted by Gasteiger charge is -2.25. The summed E-state index contributed by atoms with van der Waals surface area (Å²) in [6, 6.07) is 5.10. The van der Waals surface area contributed by atoms with E-state index in [4.69, 9.17) is 58.0 Å². The second-order valence-electron chi connectivity index (χ2n) is 3.86. The highest BCUT2D eigenvalue weighted by atomic mass is 35.5. The number of halogens is 5. The van der Waals surface area contributed by atoms with Crippen molar-refractivity contribution in [3.05, 3.63) is 49.9 Å². The minimum Gasteiger partial charge on any atom is -0.371 e. The van der Waals surface area contributed by atoms with Gasteiger partial charge >= 0.3 is 0 Å². The predicted molar refractivity (Wildman–Crippen MR) is 78.6 cm³/mol. The number of aliphatic hydroxyl groups is 1. The SMILES string of the molecule is OC1(Cl)C=C(Cl)C(c2c(Cl)cccc2Cl)=C(Cl)C1. The third-order valence-corrected chi connectivity index (χ3v) is 3.97. The van der Waals surface area contributed by atoms with Crippen molar-refractivity contribution in [2.45, 2.75) is 11.5 Å². The molecule has 96 valence electrons. The Bertz CT molecular complexity index is 539. The Morgan fingerprint density at radius 1 is 1.06 bits per heavy atom. The zero-order valence-electron chi connectivity index (χ0n) is 8.85. The van der Waals surface area contributed by atoms with Crippen LogP contribution in [0.15, 0.2) is 34.3 Å². The maximum Gasteiger partial charge on any atom is 0.164 e. The number of alkyl halides is 1. The van der Waals surface area contributed by atoms with E-state index in [1.807, 2.05) is 0 Å². The van der Waals surface area contributed by atoms with E-state index in [0.717, 1.165) is 0 Å². The van der Waals surface area contributed by atoms with Crippen molar-refractivity contribution in [1.29, 1.82) is 0 Å². The van der Waals surface area contributed by atoms with E-state index >= 15 is 0 Å². The number of rotatable bonds is 1. The molecule has 0 saturated carbocycles. The molecule has 1 aliphatic carbocycles. The summed E-state index contributed by atoms with van der Waals surface area (Å²) in [6.45, 7) is 0. The van der Waals surface area contributed by atoms with Crippen molar-refractivity contribution in [2.75, 3.05) is 0 Å². The van der Waals surface area contributed by atoms with Gasteiger partial charge in [-0.1, -0.05) is 64.1 Å². The van der Waals surface area contributed by atoms with E-state index < -0.39 is 5.06 Å². The van der Waals surface area contributed by atoms with E-state index in [9.17, 15) is 5.11 Å². The van der Waals surface area contributed by atoms with Crippen LogP contribution in [0.25, 0.3) is 5.57 Å². The van der Waals surface area contributed by atoms with E-state index in [2.05, 4.69) is 0 Å². The smallest absolute Gasteiger partial charge is 0.164 e. The van der Waals surface area contributed by atoms with Gasteiger partial charge in [0.05, 0.1) is 0 Å². The predicted octanol–water partition coefficient (Wildman–Crippen LogP) is 5.40. The van der Waals surface area contributed by atoms with E-state index in [1.54, 1.807) is 18.2 Å². The van der Waals surface area contributed by atoms with Crippen molar-refractivity contribution >= 4 is 63.6 Å². The molecule has 1 aromatic rings. The lowest BCUT2D eigenvalue weighted by atomic mass is 9.97. The molecule has 0 fully saturated rings. The summed E-state index contributed by atoms with van der Waals surface area (Å²) < 4.78 is 0. The van der Waals surface area contributed by atoms with Gasteiger partial charge in [0.1, 0.15) is 0 Å². The van der Waals surface area contributed by atoms with Crippen molar-refractivity contribution in [3.8, 4) is 0 Å². The quantitative estimate of drug-likeness (QED) is 0.677. The zero-order chi connectivity index (χ0) is 13.5.